The molecule has 1 atom stereocenters. The number of nitrogens with zero attached hydrogens (tertiary/aromatic N) is 4. The second-order valence-electron chi connectivity index (χ2n) is 7.58. The van der Waals surface area contributed by atoms with Crippen molar-refractivity contribution in [2.24, 2.45) is 0 Å². The van der Waals surface area contributed by atoms with Crippen LogP contribution in [-0.4, -0.2) is 40.3 Å². The molecule has 0 amide bonds. The van der Waals surface area contributed by atoms with Crippen molar-refractivity contribution in [1.29, 1.82) is 0 Å². The summed E-state index contributed by atoms with van der Waals surface area (Å²) in [5.41, 5.74) is 1.15. The Hall–Kier alpha value is -3.29. The van der Waals surface area contributed by atoms with Gasteiger partial charge in [0.15, 0.2) is 0 Å². The number of halogens is 1. The topological polar surface area (TPSA) is 81.4 Å². The Morgan fingerprint density at radius 2 is 2.07 bits per heavy atom. The average Bonchev–Trinajstić information content (AvgIpc) is 3.24. The lowest BCUT2D eigenvalue weighted by Crippen LogP contribution is -2.36. The van der Waals surface area contributed by atoms with Crippen molar-refractivity contribution in [2.45, 2.75) is 38.7 Å². The Balaban J connectivity index is 1.53. The van der Waals surface area contributed by atoms with Crippen LogP contribution in [0, 0.1) is 5.82 Å². The van der Waals surface area contributed by atoms with Crippen LogP contribution in [0.15, 0.2) is 47.1 Å². The van der Waals surface area contributed by atoms with E-state index in [0.29, 0.717) is 35.2 Å². The van der Waals surface area contributed by atoms with Crippen LogP contribution in [0.5, 0.6) is 0 Å². The molecule has 8 heteroatoms. The molecule has 7 nitrogen and oxygen atoms in total. The zero-order valence-electron chi connectivity index (χ0n) is 16.9. The predicted octanol–water partition coefficient (Wildman–Crippen LogP) is 4.22. The SMILES string of the molecule is CC(C)OC(=O)c1cccnc1N1CCCC(c2nc(-c3ccc(F)cc3)no2)C1. The first-order chi connectivity index (χ1) is 14.5. The van der Waals surface area contributed by atoms with E-state index in [1.165, 1.54) is 12.1 Å². The third-order valence-corrected chi connectivity index (χ3v) is 4.96. The van der Waals surface area contributed by atoms with Crippen molar-refractivity contribution >= 4 is 11.8 Å². The van der Waals surface area contributed by atoms with Crippen LogP contribution in [0.2, 0.25) is 0 Å². The molecule has 3 heterocycles. The summed E-state index contributed by atoms with van der Waals surface area (Å²) in [6, 6.07) is 9.44. The van der Waals surface area contributed by atoms with Crippen LogP contribution in [0.25, 0.3) is 11.4 Å². The van der Waals surface area contributed by atoms with Gasteiger partial charge in [-0.15, -0.1) is 0 Å². The normalized spacial score (nSPS) is 16.7. The van der Waals surface area contributed by atoms with Gasteiger partial charge in [0.25, 0.3) is 0 Å². The molecule has 0 radical (unpaired) electrons. The summed E-state index contributed by atoms with van der Waals surface area (Å²) in [6.07, 6.45) is 3.25. The molecule has 30 heavy (non-hydrogen) atoms. The molecule has 1 fully saturated rings. The minimum atomic E-state index is -0.383. The van der Waals surface area contributed by atoms with Gasteiger partial charge in [-0.1, -0.05) is 5.16 Å². The average molecular weight is 410 g/mol. The molecular weight excluding hydrogens is 387 g/mol. The lowest BCUT2D eigenvalue weighted by molar-refractivity contribution is 0.0378. The molecule has 3 aromatic rings. The van der Waals surface area contributed by atoms with Crippen LogP contribution in [0.4, 0.5) is 10.2 Å². The maximum absolute atomic E-state index is 13.2. The molecule has 0 aliphatic carbocycles. The number of ether oxygens (including phenoxy) is 1. The maximum atomic E-state index is 13.2. The molecule has 2 aromatic heterocycles. The molecule has 0 saturated carbocycles. The zero-order chi connectivity index (χ0) is 21.1. The van der Waals surface area contributed by atoms with E-state index < -0.39 is 0 Å². The highest BCUT2D eigenvalue weighted by atomic mass is 19.1. The van der Waals surface area contributed by atoms with Crippen molar-refractivity contribution in [2.75, 3.05) is 18.0 Å². The summed E-state index contributed by atoms with van der Waals surface area (Å²) in [7, 11) is 0. The van der Waals surface area contributed by atoms with E-state index in [9.17, 15) is 9.18 Å². The summed E-state index contributed by atoms with van der Waals surface area (Å²) in [6.45, 7) is 5.01. The lowest BCUT2D eigenvalue weighted by atomic mass is 9.97. The van der Waals surface area contributed by atoms with Gasteiger partial charge in [0.1, 0.15) is 17.2 Å². The van der Waals surface area contributed by atoms with E-state index in [1.807, 2.05) is 13.8 Å². The predicted molar refractivity (Wildman–Crippen MR) is 109 cm³/mol. The van der Waals surface area contributed by atoms with Gasteiger partial charge in [-0.2, -0.15) is 4.98 Å². The number of piperidine rings is 1. The molecule has 4 rings (SSSR count). The molecule has 1 unspecified atom stereocenters. The second kappa shape index (κ2) is 8.61. The first kappa shape index (κ1) is 20.0. The zero-order valence-corrected chi connectivity index (χ0v) is 16.9. The Morgan fingerprint density at radius 1 is 1.27 bits per heavy atom. The number of esters is 1. The Bertz CT molecular complexity index is 1020. The molecule has 1 saturated heterocycles. The number of pyridine rings is 1. The van der Waals surface area contributed by atoms with Crippen LogP contribution < -0.4 is 4.90 Å². The van der Waals surface area contributed by atoms with E-state index in [4.69, 9.17) is 9.26 Å². The van der Waals surface area contributed by atoms with Crippen molar-refractivity contribution < 1.29 is 18.4 Å². The molecule has 156 valence electrons. The van der Waals surface area contributed by atoms with Crippen LogP contribution in [0.1, 0.15) is 48.9 Å². The summed E-state index contributed by atoms with van der Waals surface area (Å²) >= 11 is 0. The summed E-state index contributed by atoms with van der Waals surface area (Å²) in [4.78, 5) is 23.5. The van der Waals surface area contributed by atoms with E-state index in [-0.39, 0.29) is 23.8 Å². The van der Waals surface area contributed by atoms with Crippen LogP contribution >= 0.6 is 0 Å². The number of hydrogen-bond acceptors (Lipinski definition) is 7. The highest BCUT2D eigenvalue weighted by Gasteiger charge is 2.29. The van der Waals surface area contributed by atoms with Gasteiger partial charge in [0, 0.05) is 24.8 Å². The van der Waals surface area contributed by atoms with Crippen LogP contribution in [-0.2, 0) is 4.74 Å². The van der Waals surface area contributed by atoms with Crippen molar-refractivity contribution in [3.63, 3.8) is 0 Å². The minimum Gasteiger partial charge on any atom is -0.459 e. The molecular formula is C22H23FN4O3. The Kier molecular flexibility index (Phi) is 5.74. The highest BCUT2D eigenvalue weighted by Crippen LogP contribution is 2.31. The fraction of sp³-hybridized carbons (Fsp3) is 0.364. The first-order valence-corrected chi connectivity index (χ1v) is 10.0. The minimum absolute atomic E-state index is 0.0106. The molecule has 1 aromatic carbocycles. The van der Waals surface area contributed by atoms with Gasteiger partial charge in [-0.3, -0.25) is 0 Å². The highest BCUT2D eigenvalue weighted by molar-refractivity contribution is 5.94. The third kappa shape index (κ3) is 4.32. The largest absolute Gasteiger partial charge is 0.459 e. The summed E-state index contributed by atoms with van der Waals surface area (Å²) < 4.78 is 24.0. The van der Waals surface area contributed by atoms with Crippen molar-refractivity contribution in [3.05, 3.63) is 59.9 Å². The van der Waals surface area contributed by atoms with Gasteiger partial charge in [-0.25, -0.2) is 14.2 Å². The van der Waals surface area contributed by atoms with Gasteiger partial charge in [0.2, 0.25) is 11.7 Å². The Labute approximate surface area is 173 Å². The van der Waals surface area contributed by atoms with E-state index in [2.05, 4.69) is 20.0 Å². The molecule has 0 N–H and O–H groups in total. The lowest BCUT2D eigenvalue weighted by Gasteiger charge is -2.32. The Morgan fingerprint density at radius 3 is 2.83 bits per heavy atom. The third-order valence-electron chi connectivity index (χ3n) is 4.96. The quantitative estimate of drug-likeness (QED) is 0.583. The molecule has 0 bridgehead atoms. The number of benzene rings is 1. The monoisotopic (exact) mass is 410 g/mol. The molecule has 0 spiro atoms. The van der Waals surface area contributed by atoms with Crippen molar-refractivity contribution in [3.8, 4) is 11.4 Å². The summed E-state index contributed by atoms with van der Waals surface area (Å²) in [5, 5.41) is 4.05. The summed E-state index contributed by atoms with van der Waals surface area (Å²) in [5.74, 6) is 0.879. The van der Waals surface area contributed by atoms with Crippen LogP contribution in [0.3, 0.4) is 0 Å². The number of carbonyl (C=O) groups is 1. The fourth-order valence-electron chi connectivity index (χ4n) is 3.57. The van der Waals surface area contributed by atoms with E-state index in [1.54, 1.807) is 30.5 Å². The number of anilines is 1. The number of carbonyl (C=O) groups excluding carboxylic acids is 1. The maximum Gasteiger partial charge on any atom is 0.342 e. The second-order valence-corrected chi connectivity index (χ2v) is 7.58. The molecule has 1 aliphatic rings. The standard InChI is InChI=1S/C22H23FN4O3/c1-14(2)29-22(28)18-6-3-11-24-20(18)27-12-4-5-16(13-27)21-25-19(26-30-21)15-7-9-17(23)10-8-15/h3,6-11,14,16H,4-5,12-13H2,1-2H3. The van der Waals surface area contributed by atoms with Gasteiger partial charge >= 0.3 is 5.97 Å². The van der Waals surface area contributed by atoms with Gasteiger partial charge < -0.3 is 14.2 Å². The van der Waals surface area contributed by atoms with Crippen molar-refractivity contribution in [1.82, 2.24) is 15.1 Å². The smallest absolute Gasteiger partial charge is 0.342 e. The first-order valence-electron chi connectivity index (χ1n) is 10.0. The van der Waals surface area contributed by atoms with Gasteiger partial charge in [-0.05, 0) is 63.1 Å². The number of aromatic nitrogens is 3. The number of hydrogen-bond donors (Lipinski definition) is 0. The van der Waals surface area contributed by atoms with Gasteiger partial charge in [0.05, 0.1) is 12.0 Å². The van der Waals surface area contributed by atoms with E-state index in [0.717, 1.165) is 19.4 Å². The van der Waals surface area contributed by atoms with E-state index >= 15 is 0 Å². The fourth-order valence-corrected chi connectivity index (χ4v) is 3.57. The molecule has 1 aliphatic heterocycles. The number of rotatable bonds is 5.